The number of nitrogens with two attached hydrogens (primary N) is 1. The number of nitrogens with one attached hydrogen (secondary N) is 1. The summed E-state index contributed by atoms with van der Waals surface area (Å²) in [5.74, 6) is 8.73. The quantitative estimate of drug-likeness (QED) is 0.508. The first-order valence-electron chi connectivity index (χ1n) is 7.52. The van der Waals surface area contributed by atoms with Crippen LogP contribution in [0.4, 0.5) is 0 Å². The second-order valence-electron chi connectivity index (χ2n) is 5.96. The molecular formula is C15H22ClN3OS. The fraction of sp³-hybridized carbons (Fsp3) is 0.667. The first kappa shape index (κ1) is 15.6. The molecule has 1 spiro atoms. The topological polar surface area (TPSA) is 60.2 Å². The van der Waals surface area contributed by atoms with Crippen LogP contribution in [0, 0.1) is 5.92 Å². The number of nitrogens with zero attached hydrogens (tertiary/aromatic N) is 1. The molecule has 3 N–H and O–H groups in total. The summed E-state index contributed by atoms with van der Waals surface area (Å²) < 4.78 is 6.17. The van der Waals surface area contributed by atoms with Crippen LogP contribution in [-0.2, 0) is 4.74 Å². The molecule has 2 fully saturated rings. The lowest BCUT2D eigenvalue weighted by Crippen LogP contribution is -2.46. The molecule has 0 aromatic carbocycles. The molecule has 2 aliphatic heterocycles. The number of aromatic nitrogens is 1. The highest BCUT2D eigenvalue weighted by Crippen LogP contribution is 2.43. The molecular weight excluding hydrogens is 306 g/mol. The van der Waals surface area contributed by atoms with E-state index in [1.807, 2.05) is 30.1 Å². The van der Waals surface area contributed by atoms with Gasteiger partial charge >= 0.3 is 0 Å². The molecule has 6 heteroatoms. The number of pyridine rings is 1. The van der Waals surface area contributed by atoms with E-state index in [2.05, 4.69) is 10.4 Å². The molecule has 116 valence electrons. The molecule has 0 bridgehead atoms. The maximum atomic E-state index is 6.17. The molecule has 2 unspecified atom stereocenters. The Morgan fingerprint density at radius 1 is 1.43 bits per heavy atom. The van der Waals surface area contributed by atoms with Gasteiger partial charge in [0.1, 0.15) is 5.15 Å². The predicted molar refractivity (Wildman–Crippen MR) is 87.3 cm³/mol. The first-order valence-corrected chi connectivity index (χ1v) is 9.05. The van der Waals surface area contributed by atoms with Crippen LogP contribution in [0.5, 0.6) is 0 Å². The zero-order valence-electron chi connectivity index (χ0n) is 12.1. The van der Waals surface area contributed by atoms with E-state index in [9.17, 15) is 0 Å². The molecule has 21 heavy (non-hydrogen) atoms. The van der Waals surface area contributed by atoms with Crippen molar-refractivity contribution in [2.24, 2.45) is 11.8 Å². The van der Waals surface area contributed by atoms with E-state index >= 15 is 0 Å². The molecule has 1 aromatic rings. The molecule has 0 saturated carbocycles. The van der Waals surface area contributed by atoms with Gasteiger partial charge in [-0.3, -0.25) is 11.3 Å². The SMILES string of the molecule is NNC(c1ccc(Cl)nc1)C1CCOC2(CCSCC2)C1. The Balaban J connectivity index is 1.75. The van der Waals surface area contributed by atoms with E-state index in [0.29, 0.717) is 11.1 Å². The first-order chi connectivity index (χ1) is 10.2. The van der Waals surface area contributed by atoms with Crippen molar-refractivity contribution in [1.29, 1.82) is 0 Å². The molecule has 2 atom stereocenters. The normalized spacial score (nSPS) is 26.7. The lowest BCUT2D eigenvalue weighted by atomic mass is 9.77. The van der Waals surface area contributed by atoms with Crippen LogP contribution < -0.4 is 11.3 Å². The van der Waals surface area contributed by atoms with Gasteiger partial charge in [-0.2, -0.15) is 11.8 Å². The molecule has 0 radical (unpaired) electrons. The molecule has 0 aliphatic carbocycles. The summed E-state index contributed by atoms with van der Waals surface area (Å²) in [6.45, 7) is 0.828. The van der Waals surface area contributed by atoms with E-state index in [-0.39, 0.29) is 11.6 Å². The van der Waals surface area contributed by atoms with Crippen molar-refractivity contribution in [3.8, 4) is 0 Å². The fourth-order valence-electron chi connectivity index (χ4n) is 3.52. The summed E-state index contributed by atoms with van der Waals surface area (Å²) >= 11 is 7.91. The van der Waals surface area contributed by atoms with Gasteiger partial charge in [0, 0.05) is 12.8 Å². The third kappa shape index (κ3) is 3.54. The van der Waals surface area contributed by atoms with Gasteiger partial charge in [-0.1, -0.05) is 17.7 Å². The van der Waals surface area contributed by atoms with Gasteiger partial charge in [-0.25, -0.2) is 4.98 Å². The minimum atomic E-state index is 0.0725. The van der Waals surface area contributed by atoms with Gasteiger partial charge in [-0.15, -0.1) is 0 Å². The Hall–Kier alpha value is -0.330. The smallest absolute Gasteiger partial charge is 0.129 e. The molecule has 3 heterocycles. The Bertz CT molecular complexity index is 459. The summed E-state index contributed by atoms with van der Waals surface area (Å²) in [5.41, 5.74) is 4.16. The summed E-state index contributed by atoms with van der Waals surface area (Å²) in [6.07, 6.45) is 6.25. The highest BCUT2D eigenvalue weighted by Gasteiger charge is 2.41. The zero-order valence-corrected chi connectivity index (χ0v) is 13.6. The van der Waals surface area contributed by atoms with Crippen LogP contribution in [0.3, 0.4) is 0 Å². The molecule has 1 aromatic heterocycles. The molecule has 4 nitrogen and oxygen atoms in total. The second-order valence-corrected chi connectivity index (χ2v) is 7.57. The average Bonchev–Trinajstić information content (AvgIpc) is 2.51. The number of hydrogen-bond acceptors (Lipinski definition) is 5. The third-order valence-corrected chi connectivity index (χ3v) is 5.90. The lowest BCUT2D eigenvalue weighted by molar-refractivity contribution is -0.107. The Labute approximate surface area is 135 Å². The third-order valence-electron chi connectivity index (χ3n) is 4.70. The van der Waals surface area contributed by atoms with Crippen molar-refractivity contribution >= 4 is 23.4 Å². The molecule has 0 amide bonds. The van der Waals surface area contributed by atoms with Crippen molar-refractivity contribution in [2.75, 3.05) is 18.1 Å². The Kier molecular flexibility index (Phi) is 5.07. The van der Waals surface area contributed by atoms with Crippen molar-refractivity contribution < 1.29 is 4.74 Å². The van der Waals surface area contributed by atoms with Gasteiger partial charge in [0.05, 0.1) is 11.6 Å². The van der Waals surface area contributed by atoms with Crippen LogP contribution in [-0.4, -0.2) is 28.7 Å². The van der Waals surface area contributed by atoms with E-state index in [4.69, 9.17) is 22.2 Å². The highest BCUT2D eigenvalue weighted by molar-refractivity contribution is 7.99. The van der Waals surface area contributed by atoms with E-state index < -0.39 is 0 Å². The lowest BCUT2D eigenvalue weighted by Gasteiger charge is -2.45. The minimum Gasteiger partial charge on any atom is -0.375 e. The maximum absolute atomic E-state index is 6.17. The number of ether oxygens (including phenoxy) is 1. The monoisotopic (exact) mass is 327 g/mol. The standard InChI is InChI=1S/C15H22ClN3OS/c16-13-2-1-12(10-18-13)14(19-17)11-3-6-20-15(9-11)4-7-21-8-5-15/h1-2,10-11,14,19H,3-9,17H2. The fourth-order valence-corrected chi connectivity index (χ4v) is 4.87. The van der Waals surface area contributed by atoms with Crippen molar-refractivity contribution in [3.05, 3.63) is 29.0 Å². The van der Waals surface area contributed by atoms with E-state index in [0.717, 1.165) is 37.9 Å². The number of rotatable bonds is 3. The zero-order chi connectivity index (χ0) is 14.7. The summed E-state index contributed by atoms with van der Waals surface area (Å²) in [5, 5.41) is 0.516. The number of halogens is 1. The maximum Gasteiger partial charge on any atom is 0.129 e. The molecule has 2 aliphatic rings. The van der Waals surface area contributed by atoms with Gasteiger partial charge in [0.15, 0.2) is 0 Å². The van der Waals surface area contributed by atoms with Crippen LogP contribution in [0.25, 0.3) is 0 Å². The molecule has 3 rings (SSSR count). The second kappa shape index (κ2) is 6.84. The summed E-state index contributed by atoms with van der Waals surface area (Å²) in [6, 6.07) is 3.96. The Morgan fingerprint density at radius 2 is 2.24 bits per heavy atom. The van der Waals surface area contributed by atoms with Gasteiger partial charge in [-0.05, 0) is 54.7 Å². The van der Waals surface area contributed by atoms with Crippen molar-refractivity contribution in [1.82, 2.24) is 10.4 Å². The average molecular weight is 328 g/mol. The summed E-state index contributed by atoms with van der Waals surface area (Å²) in [4.78, 5) is 4.18. The van der Waals surface area contributed by atoms with Crippen molar-refractivity contribution in [2.45, 2.75) is 37.3 Å². The summed E-state index contributed by atoms with van der Waals surface area (Å²) in [7, 11) is 0. The molecule has 2 saturated heterocycles. The van der Waals surface area contributed by atoms with Crippen LogP contribution in [0.15, 0.2) is 18.3 Å². The van der Waals surface area contributed by atoms with Crippen LogP contribution in [0.2, 0.25) is 5.15 Å². The van der Waals surface area contributed by atoms with E-state index in [1.165, 1.54) is 11.5 Å². The predicted octanol–water partition coefficient (Wildman–Crippen LogP) is 2.93. The largest absolute Gasteiger partial charge is 0.375 e. The number of hydrogen-bond donors (Lipinski definition) is 2. The van der Waals surface area contributed by atoms with Crippen molar-refractivity contribution in [3.63, 3.8) is 0 Å². The van der Waals surface area contributed by atoms with Crippen LogP contribution in [0.1, 0.15) is 37.3 Å². The number of hydrazine groups is 1. The van der Waals surface area contributed by atoms with Gasteiger partial charge in [0.2, 0.25) is 0 Å². The van der Waals surface area contributed by atoms with Gasteiger partial charge in [0.25, 0.3) is 0 Å². The minimum absolute atomic E-state index is 0.0725. The van der Waals surface area contributed by atoms with Crippen LogP contribution >= 0.6 is 23.4 Å². The Morgan fingerprint density at radius 3 is 2.90 bits per heavy atom. The number of thioether (sulfide) groups is 1. The van der Waals surface area contributed by atoms with Gasteiger partial charge < -0.3 is 4.74 Å². The highest BCUT2D eigenvalue weighted by atomic mass is 35.5. The van der Waals surface area contributed by atoms with E-state index in [1.54, 1.807) is 0 Å².